The topological polar surface area (TPSA) is 87.2 Å². The Hall–Kier alpha value is -3.19. The molecular formula is C22H26N4O3. The second-order valence-electron chi connectivity index (χ2n) is 7.26. The van der Waals surface area contributed by atoms with Gasteiger partial charge in [-0.1, -0.05) is 30.3 Å². The molecule has 2 aromatic carbocycles. The third-order valence-electron chi connectivity index (χ3n) is 5.10. The molecule has 0 spiro atoms. The standard InChI is InChI=1S/C22H26N4O3/c1-4-26-21(28)18-11-10-16(13-19(18)24-22(26)29)20(27)23-14-17(25(2)3)12-15-8-6-5-7-9-15/h5-11,13,17H,4,12,14H2,1-3H3,(H,23,27)(H,24,29)/t17-/m1/s1. The van der Waals surface area contributed by atoms with E-state index in [1.165, 1.54) is 5.56 Å². The lowest BCUT2D eigenvalue weighted by Crippen LogP contribution is -2.41. The zero-order valence-electron chi connectivity index (χ0n) is 16.9. The van der Waals surface area contributed by atoms with Gasteiger partial charge in [0, 0.05) is 24.7 Å². The summed E-state index contributed by atoms with van der Waals surface area (Å²) in [4.78, 5) is 41.8. The predicted molar refractivity (Wildman–Crippen MR) is 114 cm³/mol. The van der Waals surface area contributed by atoms with Gasteiger partial charge in [-0.2, -0.15) is 0 Å². The van der Waals surface area contributed by atoms with Crippen LogP contribution in [0.2, 0.25) is 0 Å². The van der Waals surface area contributed by atoms with E-state index in [0.29, 0.717) is 29.6 Å². The summed E-state index contributed by atoms with van der Waals surface area (Å²) in [5.74, 6) is -0.243. The summed E-state index contributed by atoms with van der Waals surface area (Å²) in [6.45, 7) is 2.51. The minimum absolute atomic E-state index is 0.137. The second kappa shape index (κ2) is 8.87. The molecule has 1 aromatic heterocycles. The lowest BCUT2D eigenvalue weighted by Gasteiger charge is -2.24. The lowest BCUT2D eigenvalue weighted by molar-refractivity contribution is 0.0942. The number of H-pyrrole nitrogens is 1. The Morgan fingerprint density at radius 2 is 1.86 bits per heavy atom. The molecule has 0 saturated heterocycles. The number of carbonyl (C=O) groups is 1. The Balaban J connectivity index is 1.76. The van der Waals surface area contributed by atoms with Crippen LogP contribution >= 0.6 is 0 Å². The van der Waals surface area contributed by atoms with Crippen LogP contribution in [0.25, 0.3) is 10.9 Å². The molecule has 0 aliphatic rings. The first-order valence-electron chi connectivity index (χ1n) is 9.66. The molecule has 3 aromatic rings. The molecule has 0 aliphatic heterocycles. The first-order chi connectivity index (χ1) is 13.9. The van der Waals surface area contributed by atoms with Crippen LogP contribution in [0.3, 0.4) is 0 Å². The molecule has 0 radical (unpaired) electrons. The number of carbonyl (C=O) groups excluding carboxylic acids is 1. The van der Waals surface area contributed by atoms with E-state index >= 15 is 0 Å². The van der Waals surface area contributed by atoms with E-state index in [2.05, 4.69) is 27.3 Å². The number of aromatic amines is 1. The van der Waals surface area contributed by atoms with Crippen LogP contribution in [-0.4, -0.2) is 47.0 Å². The Labute approximate surface area is 169 Å². The molecule has 1 amide bonds. The largest absolute Gasteiger partial charge is 0.350 e. The molecule has 29 heavy (non-hydrogen) atoms. The molecule has 0 aliphatic carbocycles. The molecule has 0 saturated carbocycles. The van der Waals surface area contributed by atoms with Crippen molar-refractivity contribution < 1.29 is 4.79 Å². The first kappa shape index (κ1) is 20.5. The van der Waals surface area contributed by atoms with Gasteiger partial charge in [-0.25, -0.2) is 4.79 Å². The third kappa shape index (κ3) is 4.63. The fourth-order valence-corrected chi connectivity index (χ4v) is 3.32. The lowest BCUT2D eigenvalue weighted by atomic mass is 10.0. The van der Waals surface area contributed by atoms with Gasteiger partial charge in [-0.3, -0.25) is 14.2 Å². The normalized spacial score (nSPS) is 12.3. The number of nitrogens with zero attached hydrogens (tertiary/aromatic N) is 2. The molecular weight excluding hydrogens is 368 g/mol. The highest BCUT2D eigenvalue weighted by molar-refractivity contribution is 5.97. The number of nitrogens with one attached hydrogen (secondary N) is 2. The van der Waals surface area contributed by atoms with Crippen LogP contribution in [0.4, 0.5) is 0 Å². The minimum Gasteiger partial charge on any atom is -0.350 e. The molecule has 0 unspecified atom stereocenters. The molecule has 152 valence electrons. The number of benzene rings is 2. The average molecular weight is 394 g/mol. The zero-order chi connectivity index (χ0) is 21.0. The Morgan fingerprint density at radius 1 is 1.14 bits per heavy atom. The maximum atomic E-state index is 12.7. The quantitative estimate of drug-likeness (QED) is 0.637. The number of hydrogen-bond donors (Lipinski definition) is 2. The van der Waals surface area contributed by atoms with Crippen molar-refractivity contribution in [3.63, 3.8) is 0 Å². The number of fused-ring (bicyclic) bond motifs is 1. The van der Waals surface area contributed by atoms with Crippen LogP contribution in [0.5, 0.6) is 0 Å². The number of hydrogen-bond acceptors (Lipinski definition) is 4. The highest BCUT2D eigenvalue weighted by Gasteiger charge is 2.15. The molecule has 1 heterocycles. The van der Waals surface area contributed by atoms with E-state index in [-0.39, 0.29) is 17.5 Å². The summed E-state index contributed by atoms with van der Waals surface area (Å²) in [6.07, 6.45) is 0.815. The first-order valence-corrected chi connectivity index (χ1v) is 9.66. The fraction of sp³-hybridized carbons (Fsp3) is 0.318. The second-order valence-corrected chi connectivity index (χ2v) is 7.26. The zero-order valence-corrected chi connectivity index (χ0v) is 16.9. The molecule has 7 heteroatoms. The number of likely N-dealkylation sites (N-methyl/N-ethyl adjacent to an activating group) is 1. The van der Waals surface area contributed by atoms with Crippen molar-refractivity contribution in [2.24, 2.45) is 0 Å². The van der Waals surface area contributed by atoms with E-state index in [1.54, 1.807) is 25.1 Å². The van der Waals surface area contributed by atoms with Gasteiger partial charge in [0.25, 0.3) is 11.5 Å². The monoisotopic (exact) mass is 394 g/mol. The van der Waals surface area contributed by atoms with Gasteiger partial charge in [-0.05, 0) is 51.2 Å². The summed E-state index contributed by atoms with van der Waals surface area (Å²) < 4.78 is 1.13. The van der Waals surface area contributed by atoms with Gasteiger partial charge in [-0.15, -0.1) is 0 Å². The van der Waals surface area contributed by atoms with E-state index in [9.17, 15) is 14.4 Å². The van der Waals surface area contributed by atoms with E-state index in [4.69, 9.17) is 0 Å². The average Bonchev–Trinajstić information content (AvgIpc) is 2.71. The van der Waals surface area contributed by atoms with Crippen LogP contribution in [0, 0.1) is 0 Å². The van der Waals surface area contributed by atoms with Crippen LogP contribution in [-0.2, 0) is 13.0 Å². The highest BCUT2D eigenvalue weighted by atomic mass is 16.2. The van der Waals surface area contributed by atoms with Gasteiger partial charge in [0.1, 0.15) is 0 Å². The van der Waals surface area contributed by atoms with Gasteiger partial charge in [0.2, 0.25) is 0 Å². The molecule has 2 N–H and O–H groups in total. The molecule has 0 fully saturated rings. The number of rotatable bonds is 7. The van der Waals surface area contributed by atoms with Gasteiger partial charge < -0.3 is 15.2 Å². The van der Waals surface area contributed by atoms with Crippen molar-refractivity contribution in [3.05, 3.63) is 80.5 Å². The number of aromatic nitrogens is 2. The predicted octanol–water partition coefficient (Wildman–Crippen LogP) is 1.61. The Morgan fingerprint density at radius 3 is 2.52 bits per heavy atom. The van der Waals surface area contributed by atoms with E-state index in [0.717, 1.165) is 11.0 Å². The third-order valence-corrected chi connectivity index (χ3v) is 5.10. The molecule has 0 bridgehead atoms. The Bertz CT molecular complexity index is 1120. The Kier molecular flexibility index (Phi) is 6.29. The van der Waals surface area contributed by atoms with Crippen molar-refractivity contribution in [1.29, 1.82) is 0 Å². The van der Waals surface area contributed by atoms with E-state index in [1.807, 2.05) is 32.3 Å². The van der Waals surface area contributed by atoms with Crippen LogP contribution in [0.1, 0.15) is 22.8 Å². The van der Waals surface area contributed by atoms with Crippen molar-refractivity contribution in [2.75, 3.05) is 20.6 Å². The molecule has 1 atom stereocenters. The van der Waals surface area contributed by atoms with E-state index < -0.39 is 5.69 Å². The molecule has 3 rings (SSSR count). The van der Waals surface area contributed by atoms with Crippen LogP contribution < -0.4 is 16.6 Å². The van der Waals surface area contributed by atoms with Crippen molar-refractivity contribution >= 4 is 16.8 Å². The summed E-state index contributed by atoms with van der Waals surface area (Å²) in [5.41, 5.74) is 1.15. The van der Waals surface area contributed by atoms with Crippen LogP contribution in [0.15, 0.2) is 58.1 Å². The van der Waals surface area contributed by atoms with Crippen molar-refractivity contribution in [2.45, 2.75) is 25.9 Å². The smallest absolute Gasteiger partial charge is 0.328 e. The van der Waals surface area contributed by atoms with Crippen molar-refractivity contribution in [3.8, 4) is 0 Å². The maximum Gasteiger partial charge on any atom is 0.328 e. The maximum absolute atomic E-state index is 12.7. The summed E-state index contributed by atoms with van der Waals surface area (Å²) in [6, 6.07) is 15.0. The van der Waals surface area contributed by atoms with Gasteiger partial charge >= 0.3 is 5.69 Å². The van der Waals surface area contributed by atoms with Gasteiger partial charge in [0.05, 0.1) is 10.9 Å². The summed E-state index contributed by atoms with van der Waals surface area (Å²) in [7, 11) is 3.97. The van der Waals surface area contributed by atoms with Gasteiger partial charge in [0.15, 0.2) is 0 Å². The summed E-state index contributed by atoms with van der Waals surface area (Å²) in [5, 5.41) is 3.35. The highest BCUT2D eigenvalue weighted by Crippen LogP contribution is 2.10. The van der Waals surface area contributed by atoms with Crippen molar-refractivity contribution in [1.82, 2.24) is 19.8 Å². The SMILES string of the molecule is CCn1c(=O)[nH]c2cc(C(=O)NC[C@@H](Cc3ccccc3)N(C)C)ccc2c1=O. The summed E-state index contributed by atoms with van der Waals surface area (Å²) >= 11 is 0. The molecule has 7 nitrogen and oxygen atoms in total. The fourth-order valence-electron chi connectivity index (χ4n) is 3.32. The minimum atomic E-state index is -0.474. The number of amides is 1.